The maximum absolute atomic E-state index is 12.9. The number of benzene rings is 1. The number of carbonyl (C=O) groups is 1. The molecule has 1 heterocycles. The van der Waals surface area contributed by atoms with Crippen molar-refractivity contribution in [3.05, 3.63) is 54.0 Å². The van der Waals surface area contributed by atoms with Crippen molar-refractivity contribution in [3.63, 3.8) is 0 Å². The van der Waals surface area contributed by atoms with Gasteiger partial charge in [0.2, 0.25) is 0 Å². The fraction of sp³-hybridized carbons (Fsp3) is 0.250. The van der Waals surface area contributed by atoms with Crippen molar-refractivity contribution in [1.82, 2.24) is 4.98 Å². The second-order valence-electron chi connectivity index (χ2n) is 4.68. The number of anilines is 2. The summed E-state index contributed by atoms with van der Waals surface area (Å²) in [6.45, 7) is 2.86. The standard InChI is InChI=1S/C16H18FN3O/c1-3-11-18-15-6-4-5-14(19-15)16(21)20(2)13-9-7-12(17)8-10-13/h4-10H,3,11H2,1-2H3,(H,18,19). The second kappa shape index (κ2) is 6.83. The fourth-order valence-corrected chi connectivity index (χ4v) is 1.86. The summed E-state index contributed by atoms with van der Waals surface area (Å²) in [4.78, 5) is 18.1. The highest BCUT2D eigenvalue weighted by molar-refractivity contribution is 6.04. The summed E-state index contributed by atoms with van der Waals surface area (Å²) in [5.41, 5.74) is 0.970. The lowest BCUT2D eigenvalue weighted by atomic mass is 10.2. The summed E-state index contributed by atoms with van der Waals surface area (Å²) in [6.07, 6.45) is 0.981. The van der Waals surface area contributed by atoms with E-state index in [9.17, 15) is 9.18 Å². The van der Waals surface area contributed by atoms with Crippen molar-refractivity contribution in [2.45, 2.75) is 13.3 Å². The Kier molecular flexibility index (Phi) is 4.87. The molecule has 1 amide bonds. The second-order valence-corrected chi connectivity index (χ2v) is 4.68. The number of carbonyl (C=O) groups excluding carboxylic acids is 1. The molecule has 110 valence electrons. The van der Waals surface area contributed by atoms with E-state index in [0.29, 0.717) is 17.2 Å². The van der Waals surface area contributed by atoms with Gasteiger partial charge in [0.1, 0.15) is 17.3 Å². The highest BCUT2D eigenvalue weighted by Gasteiger charge is 2.15. The number of pyridine rings is 1. The number of rotatable bonds is 5. The predicted molar refractivity (Wildman–Crippen MR) is 82.2 cm³/mol. The van der Waals surface area contributed by atoms with Crippen LogP contribution in [0, 0.1) is 5.82 Å². The Balaban J connectivity index is 2.17. The summed E-state index contributed by atoms with van der Waals surface area (Å²) < 4.78 is 12.9. The summed E-state index contributed by atoms with van der Waals surface area (Å²) in [5.74, 6) is 0.112. The van der Waals surface area contributed by atoms with E-state index >= 15 is 0 Å². The van der Waals surface area contributed by atoms with Crippen molar-refractivity contribution in [1.29, 1.82) is 0 Å². The lowest BCUT2D eigenvalue weighted by Gasteiger charge is -2.17. The van der Waals surface area contributed by atoms with Crippen LogP contribution in [0.2, 0.25) is 0 Å². The average Bonchev–Trinajstić information content (AvgIpc) is 2.52. The Bertz CT molecular complexity index is 613. The van der Waals surface area contributed by atoms with Crippen molar-refractivity contribution >= 4 is 17.4 Å². The minimum Gasteiger partial charge on any atom is -0.370 e. The van der Waals surface area contributed by atoms with Gasteiger partial charge in [0.25, 0.3) is 5.91 Å². The van der Waals surface area contributed by atoms with Gasteiger partial charge in [0.15, 0.2) is 0 Å². The van der Waals surface area contributed by atoms with Crippen LogP contribution in [-0.4, -0.2) is 24.5 Å². The molecule has 1 aromatic heterocycles. The third-order valence-electron chi connectivity index (χ3n) is 3.04. The van der Waals surface area contributed by atoms with Gasteiger partial charge in [0, 0.05) is 19.3 Å². The summed E-state index contributed by atoms with van der Waals surface area (Å²) in [6, 6.07) is 11.1. The Morgan fingerprint density at radius 1 is 1.24 bits per heavy atom. The number of halogens is 1. The normalized spacial score (nSPS) is 10.2. The van der Waals surface area contributed by atoms with Crippen molar-refractivity contribution in [2.75, 3.05) is 23.8 Å². The first-order valence-electron chi connectivity index (χ1n) is 6.86. The van der Waals surface area contributed by atoms with Crippen molar-refractivity contribution < 1.29 is 9.18 Å². The van der Waals surface area contributed by atoms with E-state index in [2.05, 4.69) is 17.2 Å². The number of nitrogens with zero attached hydrogens (tertiary/aromatic N) is 2. The Labute approximate surface area is 123 Å². The van der Waals surface area contributed by atoms with Gasteiger partial charge in [-0.1, -0.05) is 13.0 Å². The summed E-state index contributed by atoms with van der Waals surface area (Å²) in [5, 5.41) is 3.14. The Morgan fingerprint density at radius 3 is 2.62 bits per heavy atom. The molecule has 0 radical (unpaired) electrons. The Morgan fingerprint density at radius 2 is 1.95 bits per heavy atom. The zero-order chi connectivity index (χ0) is 15.2. The molecule has 0 saturated carbocycles. The average molecular weight is 287 g/mol. The van der Waals surface area contributed by atoms with Gasteiger partial charge in [-0.2, -0.15) is 0 Å². The van der Waals surface area contributed by atoms with Crippen molar-refractivity contribution in [3.8, 4) is 0 Å². The minimum atomic E-state index is -0.330. The van der Waals surface area contributed by atoms with Crippen LogP contribution in [0.4, 0.5) is 15.9 Å². The highest BCUT2D eigenvalue weighted by Crippen LogP contribution is 2.16. The molecule has 0 atom stereocenters. The number of amides is 1. The molecule has 4 nitrogen and oxygen atoms in total. The molecular formula is C16H18FN3O. The topological polar surface area (TPSA) is 45.2 Å². The SMILES string of the molecule is CCCNc1cccc(C(=O)N(C)c2ccc(F)cc2)n1. The van der Waals surface area contributed by atoms with Gasteiger partial charge in [-0.15, -0.1) is 0 Å². The lowest BCUT2D eigenvalue weighted by molar-refractivity contribution is 0.0988. The first-order valence-corrected chi connectivity index (χ1v) is 6.86. The summed E-state index contributed by atoms with van der Waals surface area (Å²) in [7, 11) is 1.64. The first kappa shape index (κ1) is 15.0. The Hall–Kier alpha value is -2.43. The largest absolute Gasteiger partial charge is 0.370 e. The molecule has 2 aromatic rings. The van der Waals surface area contributed by atoms with Gasteiger partial charge in [-0.05, 0) is 42.8 Å². The molecule has 0 aliphatic rings. The van der Waals surface area contributed by atoms with Crippen LogP contribution in [0.5, 0.6) is 0 Å². The van der Waals surface area contributed by atoms with Crippen LogP contribution >= 0.6 is 0 Å². The lowest BCUT2D eigenvalue weighted by Crippen LogP contribution is -2.27. The van der Waals surface area contributed by atoms with Gasteiger partial charge >= 0.3 is 0 Å². The van der Waals surface area contributed by atoms with E-state index in [4.69, 9.17) is 0 Å². The van der Waals surface area contributed by atoms with E-state index in [1.165, 1.54) is 17.0 Å². The molecule has 1 N–H and O–H groups in total. The third-order valence-corrected chi connectivity index (χ3v) is 3.04. The van der Waals surface area contributed by atoms with E-state index < -0.39 is 0 Å². The molecule has 0 fully saturated rings. The quantitative estimate of drug-likeness (QED) is 0.917. The van der Waals surface area contributed by atoms with Gasteiger partial charge in [-0.25, -0.2) is 9.37 Å². The maximum atomic E-state index is 12.9. The van der Waals surface area contributed by atoms with Gasteiger partial charge in [0.05, 0.1) is 0 Å². The molecule has 21 heavy (non-hydrogen) atoms. The highest BCUT2D eigenvalue weighted by atomic mass is 19.1. The zero-order valence-corrected chi connectivity index (χ0v) is 12.1. The molecule has 0 aliphatic heterocycles. The van der Waals surface area contributed by atoms with E-state index in [-0.39, 0.29) is 11.7 Å². The predicted octanol–water partition coefficient (Wildman–Crippen LogP) is 3.32. The molecule has 0 spiro atoms. The summed E-state index contributed by atoms with van der Waals surface area (Å²) >= 11 is 0. The molecule has 0 bridgehead atoms. The van der Waals surface area contributed by atoms with Crippen LogP contribution in [0.3, 0.4) is 0 Å². The molecule has 0 unspecified atom stereocenters. The van der Waals surface area contributed by atoms with Crippen LogP contribution in [0.25, 0.3) is 0 Å². The molecule has 2 rings (SSSR count). The van der Waals surface area contributed by atoms with E-state index in [1.807, 2.05) is 6.07 Å². The van der Waals surface area contributed by atoms with Gasteiger partial charge < -0.3 is 10.2 Å². The third kappa shape index (κ3) is 3.78. The number of hydrogen-bond acceptors (Lipinski definition) is 3. The minimum absolute atomic E-state index is 0.234. The van der Waals surface area contributed by atoms with Crippen LogP contribution in [0.1, 0.15) is 23.8 Å². The molecule has 0 aliphatic carbocycles. The molecule has 5 heteroatoms. The molecule has 0 saturated heterocycles. The van der Waals surface area contributed by atoms with Crippen LogP contribution < -0.4 is 10.2 Å². The first-order chi connectivity index (χ1) is 10.1. The van der Waals surface area contributed by atoms with Gasteiger partial charge in [-0.3, -0.25) is 4.79 Å². The van der Waals surface area contributed by atoms with Crippen LogP contribution in [0.15, 0.2) is 42.5 Å². The number of nitrogens with one attached hydrogen (secondary N) is 1. The van der Waals surface area contributed by atoms with E-state index in [0.717, 1.165) is 13.0 Å². The number of hydrogen-bond donors (Lipinski definition) is 1. The molecular weight excluding hydrogens is 269 g/mol. The van der Waals surface area contributed by atoms with Crippen molar-refractivity contribution in [2.24, 2.45) is 0 Å². The van der Waals surface area contributed by atoms with E-state index in [1.54, 1.807) is 31.3 Å². The van der Waals surface area contributed by atoms with Crippen LogP contribution in [-0.2, 0) is 0 Å². The molecule has 1 aromatic carbocycles. The number of aromatic nitrogens is 1. The monoisotopic (exact) mass is 287 g/mol. The fourth-order valence-electron chi connectivity index (χ4n) is 1.86. The zero-order valence-electron chi connectivity index (χ0n) is 12.1. The smallest absolute Gasteiger partial charge is 0.276 e. The maximum Gasteiger partial charge on any atom is 0.276 e.